The number of hydrogen-bond donors (Lipinski definition) is 1. The smallest absolute Gasteiger partial charge is 0.190 e. The van der Waals surface area contributed by atoms with Gasteiger partial charge in [0.15, 0.2) is 10.8 Å². The summed E-state index contributed by atoms with van der Waals surface area (Å²) in [5, 5.41) is 4.24. The van der Waals surface area contributed by atoms with Gasteiger partial charge in [-0.15, -0.1) is 0 Å². The monoisotopic (exact) mass is 324 g/mol. The van der Waals surface area contributed by atoms with E-state index in [4.69, 9.17) is 17.0 Å². The molecule has 4 rings (SSSR count). The lowest BCUT2D eigenvalue weighted by Crippen LogP contribution is -2.69. The third-order valence-corrected chi connectivity index (χ3v) is 5.40. The van der Waals surface area contributed by atoms with Crippen LogP contribution >= 0.6 is 12.2 Å². The number of nitrogens with zero attached hydrogens (tertiary/aromatic N) is 1. The highest BCUT2D eigenvalue weighted by Gasteiger charge is 2.53. The average Bonchev–Trinajstić information content (AvgIpc) is 2.50. The Labute approximate surface area is 142 Å². The van der Waals surface area contributed by atoms with Crippen molar-refractivity contribution in [3.05, 3.63) is 59.7 Å². The van der Waals surface area contributed by atoms with Crippen LogP contribution in [0.25, 0.3) is 0 Å². The minimum atomic E-state index is -0.505. The lowest BCUT2D eigenvalue weighted by molar-refractivity contribution is -0.00316. The van der Waals surface area contributed by atoms with Crippen LogP contribution in [0.15, 0.2) is 48.5 Å². The summed E-state index contributed by atoms with van der Waals surface area (Å²) in [6.45, 7) is 6.45. The van der Waals surface area contributed by atoms with E-state index in [2.05, 4.69) is 67.4 Å². The van der Waals surface area contributed by atoms with Crippen molar-refractivity contribution in [2.75, 3.05) is 4.90 Å². The van der Waals surface area contributed by atoms with Crippen LogP contribution < -0.4 is 15.0 Å². The van der Waals surface area contributed by atoms with E-state index in [1.807, 2.05) is 12.1 Å². The molecule has 2 bridgehead atoms. The number of thiocarbonyl (C=S) groups is 1. The van der Waals surface area contributed by atoms with Crippen LogP contribution in [0, 0.1) is 12.8 Å². The first kappa shape index (κ1) is 14.5. The Morgan fingerprint density at radius 1 is 1.17 bits per heavy atom. The van der Waals surface area contributed by atoms with Crippen LogP contribution in [-0.2, 0) is 0 Å². The standard InChI is InChI=1S/C19H20N2OS/c1-12-7-6-8-14(11-12)21-18(23)20-17-13(2)19(21,3)22-16-10-5-4-9-15(16)17/h4-11,13,17H,1-3H3,(H,20,23)/t13-,17-,19+/m1/s1. The number of aryl methyl sites for hydroxylation is 1. The Morgan fingerprint density at radius 3 is 2.74 bits per heavy atom. The molecule has 2 aromatic rings. The number of anilines is 1. The molecule has 0 saturated carbocycles. The summed E-state index contributed by atoms with van der Waals surface area (Å²) in [6.07, 6.45) is 0. The SMILES string of the molecule is Cc1cccc(N2C(=S)N[C@H]3c4ccccc4O[C@@]2(C)[C@@H]3C)c1. The van der Waals surface area contributed by atoms with Gasteiger partial charge in [-0.25, -0.2) is 0 Å². The first-order valence-corrected chi connectivity index (χ1v) is 8.37. The second-order valence-corrected chi connectivity index (χ2v) is 6.97. The van der Waals surface area contributed by atoms with E-state index in [0.29, 0.717) is 0 Å². The predicted molar refractivity (Wildman–Crippen MR) is 96.8 cm³/mol. The molecular weight excluding hydrogens is 304 g/mol. The molecule has 0 radical (unpaired) electrons. The zero-order valence-corrected chi connectivity index (χ0v) is 14.4. The highest BCUT2D eigenvalue weighted by molar-refractivity contribution is 7.80. The van der Waals surface area contributed by atoms with Gasteiger partial charge in [0.05, 0.1) is 6.04 Å². The van der Waals surface area contributed by atoms with Crippen LogP contribution in [0.2, 0.25) is 0 Å². The van der Waals surface area contributed by atoms with E-state index in [0.717, 1.165) is 16.5 Å². The topological polar surface area (TPSA) is 24.5 Å². The first-order chi connectivity index (χ1) is 11.0. The molecule has 118 valence electrons. The summed E-state index contributed by atoms with van der Waals surface area (Å²) in [5.74, 6) is 1.19. The van der Waals surface area contributed by atoms with Crippen molar-refractivity contribution >= 4 is 23.0 Å². The molecule has 2 aliphatic rings. The van der Waals surface area contributed by atoms with Crippen LogP contribution in [0.3, 0.4) is 0 Å². The van der Waals surface area contributed by atoms with Crippen molar-refractivity contribution in [3.8, 4) is 5.75 Å². The number of hydrogen-bond acceptors (Lipinski definition) is 2. The molecule has 0 amide bonds. The van der Waals surface area contributed by atoms with Crippen molar-refractivity contribution in [1.82, 2.24) is 5.32 Å². The molecule has 1 fully saturated rings. The van der Waals surface area contributed by atoms with Gasteiger partial charge in [0.25, 0.3) is 0 Å². The number of nitrogens with one attached hydrogen (secondary N) is 1. The maximum absolute atomic E-state index is 6.48. The summed E-state index contributed by atoms with van der Waals surface area (Å²) in [5.41, 5.74) is 2.95. The second-order valence-electron chi connectivity index (χ2n) is 6.58. The molecule has 2 aromatic carbocycles. The van der Waals surface area contributed by atoms with Crippen LogP contribution in [-0.4, -0.2) is 10.8 Å². The molecule has 0 spiro atoms. The molecular formula is C19H20N2OS. The van der Waals surface area contributed by atoms with E-state index in [-0.39, 0.29) is 12.0 Å². The van der Waals surface area contributed by atoms with Crippen LogP contribution in [0.4, 0.5) is 5.69 Å². The number of fused-ring (bicyclic) bond motifs is 4. The number of rotatable bonds is 1. The fourth-order valence-corrected chi connectivity index (χ4v) is 4.13. The average molecular weight is 324 g/mol. The molecule has 23 heavy (non-hydrogen) atoms. The lowest BCUT2D eigenvalue weighted by atomic mass is 9.80. The Balaban J connectivity index is 1.87. The van der Waals surface area contributed by atoms with Crippen molar-refractivity contribution in [1.29, 1.82) is 0 Å². The largest absolute Gasteiger partial charge is 0.467 e. The fourth-order valence-electron chi connectivity index (χ4n) is 3.72. The van der Waals surface area contributed by atoms with Gasteiger partial charge in [0.1, 0.15) is 5.75 Å². The van der Waals surface area contributed by atoms with Gasteiger partial charge in [-0.05, 0) is 49.8 Å². The third-order valence-electron chi connectivity index (χ3n) is 5.10. The van der Waals surface area contributed by atoms with Crippen LogP contribution in [0.5, 0.6) is 5.75 Å². The zero-order valence-electron chi connectivity index (χ0n) is 13.5. The molecule has 0 aromatic heterocycles. The normalized spacial score (nSPS) is 28.7. The van der Waals surface area contributed by atoms with Gasteiger partial charge in [-0.3, -0.25) is 4.90 Å². The first-order valence-electron chi connectivity index (χ1n) is 7.96. The number of ether oxygens (including phenoxy) is 1. The van der Waals surface area contributed by atoms with Crippen molar-refractivity contribution < 1.29 is 4.74 Å². The van der Waals surface area contributed by atoms with Crippen molar-refractivity contribution in [2.24, 2.45) is 5.92 Å². The highest BCUT2D eigenvalue weighted by Crippen LogP contribution is 2.48. The molecule has 3 atom stereocenters. The van der Waals surface area contributed by atoms with Gasteiger partial charge >= 0.3 is 0 Å². The molecule has 1 N–H and O–H groups in total. The summed E-state index contributed by atoms with van der Waals surface area (Å²) >= 11 is 5.70. The maximum atomic E-state index is 6.48. The van der Waals surface area contributed by atoms with Gasteiger partial charge < -0.3 is 10.1 Å². The fraction of sp³-hybridized carbons (Fsp3) is 0.316. The minimum absolute atomic E-state index is 0.179. The molecule has 0 unspecified atom stereocenters. The van der Waals surface area contributed by atoms with Gasteiger partial charge in [0.2, 0.25) is 0 Å². The number of benzene rings is 2. The molecule has 3 nitrogen and oxygen atoms in total. The Bertz CT molecular complexity index is 790. The minimum Gasteiger partial charge on any atom is -0.467 e. The predicted octanol–water partition coefficient (Wildman–Crippen LogP) is 4.18. The van der Waals surface area contributed by atoms with Crippen molar-refractivity contribution in [2.45, 2.75) is 32.5 Å². The quantitative estimate of drug-likeness (QED) is 0.796. The van der Waals surface area contributed by atoms with E-state index in [1.165, 1.54) is 11.1 Å². The summed E-state index contributed by atoms with van der Waals surface area (Å²) < 4.78 is 6.48. The van der Waals surface area contributed by atoms with Crippen LogP contribution in [0.1, 0.15) is 31.0 Å². The summed E-state index contributed by atoms with van der Waals surface area (Å²) in [7, 11) is 0. The Morgan fingerprint density at radius 2 is 1.96 bits per heavy atom. The zero-order chi connectivity index (χ0) is 16.2. The van der Waals surface area contributed by atoms with E-state index < -0.39 is 5.72 Å². The third kappa shape index (κ3) is 2.05. The van der Waals surface area contributed by atoms with E-state index in [1.54, 1.807) is 0 Å². The van der Waals surface area contributed by atoms with Gasteiger partial charge in [0, 0.05) is 17.2 Å². The Hall–Kier alpha value is -2.07. The highest BCUT2D eigenvalue weighted by atomic mass is 32.1. The van der Waals surface area contributed by atoms with Crippen molar-refractivity contribution in [3.63, 3.8) is 0 Å². The molecule has 4 heteroatoms. The lowest BCUT2D eigenvalue weighted by Gasteiger charge is -2.56. The van der Waals surface area contributed by atoms with Gasteiger partial charge in [-0.1, -0.05) is 37.3 Å². The number of para-hydroxylation sites is 1. The molecule has 0 aliphatic carbocycles. The van der Waals surface area contributed by atoms with Gasteiger partial charge in [-0.2, -0.15) is 0 Å². The molecule has 1 saturated heterocycles. The van der Waals surface area contributed by atoms with E-state index >= 15 is 0 Å². The molecule has 2 heterocycles. The summed E-state index contributed by atoms with van der Waals surface area (Å²) in [6, 6.07) is 16.8. The maximum Gasteiger partial charge on any atom is 0.190 e. The second kappa shape index (κ2) is 4.96. The Kier molecular flexibility index (Phi) is 3.13. The molecule has 2 aliphatic heterocycles. The summed E-state index contributed by atoms with van der Waals surface area (Å²) in [4.78, 5) is 2.12. The van der Waals surface area contributed by atoms with E-state index in [9.17, 15) is 0 Å².